The summed E-state index contributed by atoms with van der Waals surface area (Å²) in [6, 6.07) is 13.5. The summed E-state index contributed by atoms with van der Waals surface area (Å²) in [7, 11) is 1.68. The molecule has 0 spiro atoms. The van der Waals surface area contributed by atoms with E-state index in [0.29, 0.717) is 5.69 Å². The molecule has 0 aliphatic carbocycles. The van der Waals surface area contributed by atoms with Crippen LogP contribution in [-0.4, -0.2) is 12.0 Å². The molecule has 0 amide bonds. The lowest BCUT2D eigenvalue weighted by Gasteiger charge is -2.07. The van der Waals surface area contributed by atoms with Gasteiger partial charge in [0.2, 0.25) is 0 Å². The lowest BCUT2D eigenvalue weighted by molar-refractivity contribution is -0.384. The highest BCUT2D eigenvalue weighted by Crippen LogP contribution is 2.30. The molecule has 20 heavy (non-hydrogen) atoms. The first-order valence-corrected chi connectivity index (χ1v) is 7.24. The summed E-state index contributed by atoms with van der Waals surface area (Å²) in [6.45, 7) is 2.06. The van der Waals surface area contributed by atoms with Gasteiger partial charge in [-0.25, -0.2) is 0 Å². The molecule has 0 heterocycles. The molecule has 5 heteroatoms. The van der Waals surface area contributed by atoms with Crippen molar-refractivity contribution >= 4 is 23.1 Å². The molecule has 0 aromatic heterocycles. The third-order valence-corrected chi connectivity index (χ3v) is 4.26. The number of rotatable bonds is 5. The van der Waals surface area contributed by atoms with Crippen molar-refractivity contribution in [2.45, 2.75) is 17.6 Å². The maximum absolute atomic E-state index is 11.0. The molecule has 0 fully saturated rings. The summed E-state index contributed by atoms with van der Waals surface area (Å²) in [4.78, 5) is 11.9. The van der Waals surface area contributed by atoms with Crippen LogP contribution in [-0.2, 0) is 5.75 Å². The maximum atomic E-state index is 11.0. The summed E-state index contributed by atoms with van der Waals surface area (Å²) in [5.74, 6) is 0.718. The van der Waals surface area contributed by atoms with Crippen molar-refractivity contribution in [1.29, 1.82) is 0 Å². The van der Waals surface area contributed by atoms with Crippen molar-refractivity contribution in [1.82, 2.24) is 0 Å². The summed E-state index contributed by atoms with van der Waals surface area (Å²) >= 11 is 1.69. The van der Waals surface area contributed by atoms with Gasteiger partial charge in [0.25, 0.3) is 5.69 Å². The minimum Gasteiger partial charge on any atom is -0.383 e. The van der Waals surface area contributed by atoms with E-state index in [9.17, 15) is 10.1 Å². The van der Waals surface area contributed by atoms with Crippen LogP contribution in [0.2, 0.25) is 0 Å². The van der Waals surface area contributed by atoms with E-state index in [1.807, 2.05) is 18.2 Å². The lowest BCUT2D eigenvalue weighted by Crippen LogP contribution is -1.97. The summed E-state index contributed by atoms with van der Waals surface area (Å²) in [6.07, 6.45) is 0. The molecule has 0 aliphatic heterocycles. The number of hydrogen-bond acceptors (Lipinski definition) is 4. The number of thioether (sulfide) groups is 1. The number of hydrogen-bond donors (Lipinski definition) is 1. The van der Waals surface area contributed by atoms with E-state index in [2.05, 4.69) is 24.4 Å². The van der Waals surface area contributed by atoms with Gasteiger partial charge in [-0.3, -0.25) is 10.1 Å². The monoisotopic (exact) mass is 288 g/mol. The zero-order chi connectivity index (χ0) is 14.5. The number of nitrogens with one attached hydrogen (secondary N) is 1. The van der Waals surface area contributed by atoms with E-state index in [-0.39, 0.29) is 10.6 Å². The number of nitrogens with zero attached hydrogens (tertiary/aromatic N) is 1. The van der Waals surface area contributed by atoms with Crippen molar-refractivity contribution in [3.63, 3.8) is 0 Å². The molecule has 0 atom stereocenters. The Balaban J connectivity index is 2.16. The predicted molar refractivity (Wildman–Crippen MR) is 83.4 cm³/mol. The topological polar surface area (TPSA) is 55.2 Å². The quantitative estimate of drug-likeness (QED) is 0.508. The fourth-order valence-corrected chi connectivity index (χ4v) is 2.88. The van der Waals surface area contributed by atoms with Gasteiger partial charge in [0.15, 0.2) is 0 Å². The van der Waals surface area contributed by atoms with Crippen LogP contribution in [0.25, 0.3) is 0 Å². The highest BCUT2D eigenvalue weighted by atomic mass is 32.2. The second-order valence-electron chi connectivity index (χ2n) is 4.41. The number of anilines is 1. The minimum absolute atomic E-state index is 0.121. The first kappa shape index (κ1) is 14.4. The van der Waals surface area contributed by atoms with Gasteiger partial charge in [0.1, 0.15) is 5.69 Å². The third-order valence-electron chi connectivity index (χ3n) is 3.02. The molecule has 4 nitrogen and oxygen atoms in total. The van der Waals surface area contributed by atoms with Crippen molar-refractivity contribution in [3.05, 3.63) is 63.7 Å². The maximum Gasteiger partial charge on any atom is 0.292 e. The standard InChI is InChI=1S/C15H16N2O2S/c1-11-5-3-4-6-15(11)20-10-12-7-8-13(16-2)14(9-12)17(18)19/h3-9,16H,10H2,1-2H3. The van der Waals surface area contributed by atoms with Gasteiger partial charge in [-0.2, -0.15) is 0 Å². The Bertz CT molecular complexity index is 629. The second-order valence-corrected chi connectivity index (χ2v) is 5.43. The van der Waals surface area contributed by atoms with Gasteiger partial charge in [-0.05, 0) is 30.2 Å². The Labute approximate surface area is 122 Å². The van der Waals surface area contributed by atoms with E-state index in [1.165, 1.54) is 10.5 Å². The number of nitro benzene ring substituents is 1. The van der Waals surface area contributed by atoms with Crippen LogP contribution in [0.1, 0.15) is 11.1 Å². The molecule has 104 valence electrons. The van der Waals surface area contributed by atoms with E-state index in [1.54, 1.807) is 30.9 Å². The largest absolute Gasteiger partial charge is 0.383 e. The normalized spacial score (nSPS) is 10.3. The molecule has 2 rings (SSSR count). The van der Waals surface area contributed by atoms with Crippen LogP contribution < -0.4 is 5.32 Å². The van der Waals surface area contributed by atoms with Crippen LogP contribution in [0.5, 0.6) is 0 Å². The smallest absolute Gasteiger partial charge is 0.292 e. The molecule has 2 aromatic rings. The Morgan fingerprint density at radius 1 is 1.25 bits per heavy atom. The van der Waals surface area contributed by atoms with Crippen molar-refractivity contribution < 1.29 is 4.92 Å². The molecule has 0 saturated carbocycles. The van der Waals surface area contributed by atoms with E-state index in [0.717, 1.165) is 11.3 Å². The fraction of sp³-hybridized carbons (Fsp3) is 0.200. The average Bonchev–Trinajstić information content (AvgIpc) is 2.46. The Morgan fingerprint density at radius 3 is 2.65 bits per heavy atom. The predicted octanol–water partition coefficient (Wildman–Crippen LogP) is 4.24. The number of benzene rings is 2. The first-order valence-electron chi connectivity index (χ1n) is 6.25. The molecular formula is C15H16N2O2S. The van der Waals surface area contributed by atoms with Crippen LogP contribution in [0, 0.1) is 17.0 Å². The molecule has 0 aliphatic rings. The van der Waals surface area contributed by atoms with E-state index < -0.39 is 0 Å². The van der Waals surface area contributed by atoms with Crippen LogP contribution in [0.4, 0.5) is 11.4 Å². The molecule has 2 aromatic carbocycles. The van der Waals surface area contributed by atoms with Gasteiger partial charge in [-0.1, -0.05) is 24.3 Å². The summed E-state index contributed by atoms with van der Waals surface area (Å²) in [5.41, 5.74) is 2.83. The second kappa shape index (κ2) is 6.43. The molecule has 0 unspecified atom stereocenters. The molecule has 0 saturated heterocycles. The Morgan fingerprint density at radius 2 is 2.00 bits per heavy atom. The first-order chi connectivity index (χ1) is 9.61. The summed E-state index contributed by atoms with van der Waals surface area (Å²) < 4.78 is 0. The molecule has 1 N–H and O–H groups in total. The van der Waals surface area contributed by atoms with Gasteiger partial charge in [0, 0.05) is 23.8 Å². The SMILES string of the molecule is CNc1ccc(CSc2ccccc2C)cc1[N+](=O)[O-]. The number of aryl methyl sites for hydroxylation is 1. The third kappa shape index (κ3) is 3.30. The van der Waals surface area contributed by atoms with Crippen molar-refractivity contribution in [2.75, 3.05) is 12.4 Å². The Kier molecular flexibility index (Phi) is 4.63. The van der Waals surface area contributed by atoms with Gasteiger partial charge >= 0.3 is 0 Å². The Hall–Kier alpha value is -2.01. The van der Waals surface area contributed by atoms with Crippen LogP contribution >= 0.6 is 11.8 Å². The number of nitro groups is 1. The van der Waals surface area contributed by atoms with E-state index in [4.69, 9.17) is 0 Å². The van der Waals surface area contributed by atoms with Crippen molar-refractivity contribution in [2.24, 2.45) is 0 Å². The lowest BCUT2D eigenvalue weighted by atomic mass is 10.2. The van der Waals surface area contributed by atoms with Gasteiger partial charge in [0.05, 0.1) is 4.92 Å². The fourth-order valence-electron chi connectivity index (χ4n) is 1.91. The highest BCUT2D eigenvalue weighted by molar-refractivity contribution is 7.98. The van der Waals surface area contributed by atoms with Crippen LogP contribution in [0.3, 0.4) is 0 Å². The zero-order valence-corrected chi connectivity index (χ0v) is 12.2. The molecule has 0 radical (unpaired) electrons. The summed E-state index contributed by atoms with van der Waals surface area (Å²) in [5, 5.41) is 13.9. The zero-order valence-electron chi connectivity index (χ0n) is 11.4. The minimum atomic E-state index is -0.353. The average molecular weight is 288 g/mol. The van der Waals surface area contributed by atoms with Crippen LogP contribution in [0.15, 0.2) is 47.4 Å². The van der Waals surface area contributed by atoms with Gasteiger partial charge in [-0.15, -0.1) is 11.8 Å². The molecule has 0 bridgehead atoms. The molecular weight excluding hydrogens is 272 g/mol. The highest BCUT2D eigenvalue weighted by Gasteiger charge is 2.13. The van der Waals surface area contributed by atoms with Crippen molar-refractivity contribution in [3.8, 4) is 0 Å². The van der Waals surface area contributed by atoms with E-state index >= 15 is 0 Å². The van der Waals surface area contributed by atoms with Gasteiger partial charge < -0.3 is 5.32 Å².